The Hall–Kier alpha value is -6.72. The summed E-state index contributed by atoms with van der Waals surface area (Å²) in [6.45, 7) is 27.2. The monoisotopic (exact) mass is 854 g/mol. The number of aromatic nitrogens is 4. The van der Waals surface area contributed by atoms with Crippen molar-refractivity contribution in [2.24, 2.45) is 0 Å². The van der Waals surface area contributed by atoms with Crippen molar-refractivity contribution in [3.8, 4) is 28.7 Å². The van der Waals surface area contributed by atoms with Crippen molar-refractivity contribution in [3.63, 3.8) is 0 Å². The predicted molar refractivity (Wildman–Crippen MR) is 269 cm³/mol. The van der Waals surface area contributed by atoms with Gasteiger partial charge in [0.2, 0.25) is 0 Å². The second kappa shape index (κ2) is 16.1. The fraction of sp³-hybridized carbons (Fsp3) is 0.267. The summed E-state index contributed by atoms with van der Waals surface area (Å²) < 4.78 is 13.5. The number of hydrogen-bond acceptors (Lipinski definition) is 2. The lowest BCUT2D eigenvalue weighted by atomic mass is 9.78. The van der Waals surface area contributed by atoms with Crippen LogP contribution in [0.15, 0.2) is 158 Å². The fourth-order valence-corrected chi connectivity index (χ4v) is 9.18. The third kappa shape index (κ3) is 8.07. The highest BCUT2D eigenvalue weighted by Crippen LogP contribution is 2.41. The average Bonchev–Trinajstić information content (AvgIpc) is 3.78. The molecule has 3 aromatic heterocycles. The number of nitrogens with zero attached hydrogens (tertiary/aromatic N) is 4. The Balaban J connectivity index is 1.13. The van der Waals surface area contributed by atoms with Gasteiger partial charge in [0.25, 0.3) is 6.33 Å². The van der Waals surface area contributed by atoms with Crippen LogP contribution in [0, 0.1) is 20.2 Å². The second-order valence-corrected chi connectivity index (χ2v) is 20.9. The fourth-order valence-electron chi connectivity index (χ4n) is 9.18. The number of hydrogen-bond donors (Lipinski definition) is 0. The molecule has 0 saturated heterocycles. The van der Waals surface area contributed by atoms with Crippen LogP contribution < -0.4 is 9.30 Å². The third-order valence-electron chi connectivity index (χ3n) is 13.8. The Morgan fingerprint density at radius 2 is 1.09 bits per heavy atom. The molecule has 0 amide bonds. The molecule has 0 bridgehead atoms. The summed E-state index contributed by atoms with van der Waals surface area (Å²) in [6, 6.07) is 54.6. The van der Waals surface area contributed by atoms with Crippen molar-refractivity contribution in [3.05, 3.63) is 209 Å². The largest absolute Gasteiger partial charge is 0.458 e. The van der Waals surface area contributed by atoms with E-state index in [1.165, 1.54) is 38.8 Å². The van der Waals surface area contributed by atoms with Crippen LogP contribution in [0.25, 0.3) is 39.0 Å². The predicted octanol–water partition coefficient (Wildman–Crippen LogP) is 14.7. The van der Waals surface area contributed by atoms with E-state index in [0.717, 1.165) is 56.5 Å². The Morgan fingerprint density at radius 3 is 1.71 bits per heavy atom. The maximum Gasteiger partial charge on any atom is 0.269 e. The summed E-state index contributed by atoms with van der Waals surface area (Å²) >= 11 is 0. The molecule has 0 N–H and O–H groups in total. The van der Waals surface area contributed by atoms with Gasteiger partial charge in [0.05, 0.1) is 33.8 Å². The van der Waals surface area contributed by atoms with Crippen molar-refractivity contribution in [2.45, 2.75) is 105 Å². The third-order valence-corrected chi connectivity index (χ3v) is 13.8. The van der Waals surface area contributed by atoms with E-state index in [0.29, 0.717) is 0 Å². The number of ether oxygens (including phenoxy) is 1. The van der Waals surface area contributed by atoms with Gasteiger partial charge < -0.3 is 4.74 Å². The number of imidazole rings is 1. The maximum absolute atomic E-state index is 6.81. The SMILES string of the molecule is Cc1c(C)[n+](-c2cc(C(C)(C)C)cc(C(C)(C)C)c2)[c-]n1-c1cccc(Oc2ccc3c4cc(C(C)(C)c5ccccc5)ccc4n(-c4cc(C(C)(C)c5ccccc5)ccn4)c3c2)c1. The van der Waals surface area contributed by atoms with E-state index >= 15 is 0 Å². The molecule has 0 spiro atoms. The molecule has 0 aliphatic heterocycles. The van der Waals surface area contributed by atoms with Gasteiger partial charge in [-0.2, -0.15) is 0 Å². The minimum absolute atomic E-state index is 0.00713. The Morgan fingerprint density at radius 1 is 0.492 bits per heavy atom. The molecule has 9 rings (SSSR count). The molecule has 65 heavy (non-hydrogen) atoms. The van der Waals surface area contributed by atoms with Crippen molar-refractivity contribution in [1.82, 2.24) is 14.1 Å². The maximum atomic E-state index is 6.81. The lowest BCUT2D eigenvalue weighted by molar-refractivity contribution is -0.606. The van der Waals surface area contributed by atoms with Gasteiger partial charge >= 0.3 is 0 Å². The Labute approximate surface area is 386 Å². The van der Waals surface area contributed by atoms with Crippen LogP contribution in [0.1, 0.15) is 114 Å². The highest BCUT2D eigenvalue weighted by molar-refractivity contribution is 6.10. The number of benzene rings is 6. The van der Waals surface area contributed by atoms with E-state index in [4.69, 9.17) is 9.72 Å². The zero-order valence-corrected chi connectivity index (χ0v) is 40.2. The molecule has 0 aliphatic carbocycles. The van der Waals surface area contributed by atoms with Crippen molar-refractivity contribution in [1.29, 1.82) is 0 Å². The van der Waals surface area contributed by atoms with E-state index < -0.39 is 0 Å². The average molecular weight is 855 g/mol. The molecule has 0 radical (unpaired) electrons. The summed E-state index contributed by atoms with van der Waals surface area (Å²) in [6.07, 6.45) is 5.66. The molecule has 0 atom stereocenters. The molecule has 5 nitrogen and oxygen atoms in total. The van der Waals surface area contributed by atoms with E-state index in [9.17, 15) is 0 Å². The molecule has 5 heteroatoms. The molecule has 0 aliphatic rings. The number of pyridine rings is 1. The topological polar surface area (TPSA) is 35.9 Å². The van der Waals surface area contributed by atoms with E-state index in [-0.39, 0.29) is 21.7 Å². The zero-order valence-electron chi connectivity index (χ0n) is 40.2. The summed E-state index contributed by atoms with van der Waals surface area (Å²) in [5.74, 6) is 2.36. The number of fused-ring (bicyclic) bond motifs is 3. The van der Waals surface area contributed by atoms with E-state index in [2.05, 4.69) is 249 Å². The smallest absolute Gasteiger partial charge is 0.269 e. The Bertz CT molecular complexity index is 3170. The highest BCUT2D eigenvalue weighted by Gasteiger charge is 2.28. The summed E-state index contributed by atoms with van der Waals surface area (Å²) in [5.41, 5.74) is 13.7. The van der Waals surface area contributed by atoms with Gasteiger partial charge in [-0.05, 0) is 125 Å². The van der Waals surface area contributed by atoms with Gasteiger partial charge in [0.15, 0.2) is 0 Å². The van der Waals surface area contributed by atoms with Crippen LogP contribution in [-0.4, -0.2) is 14.1 Å². The first-order chi connectivity index (χ1) is 30.8. The van der Waals surface area contributed by atoms with Gasteiger partial charge in [0.1, 0.15) is 17.3 Å². The van der Waals surface area contributed by atoms with Crippen LogP contribution >= 0.6 is 0 Å². The molecule has 328 valence electrons. The first-order valence-corrected chi connectivity index (χ1v) is 23.0. The number of rotatable bonds is 9. The molecule has 6 aromatic carbocycles. The van der Waals surface area contributed by atoms with Crippen LogP contribution in [0.2, 0.25) is 0 Å². The molecule has 0 fully saturated rings. The molecule has 9 aromatic rings. The van der Waals surface area contributed by atoms with Gasteiger partial charge in [-0.25, -0.2) is 4.98 Å². The molecule has 3 heterocycles. The molecule has 0 unspecified atom stereocenters. The lowest BCUT2D eigenvalue weighted by Gasteiger charge is -2.27. The lowest BCUT2D eigenvalue weighted by Crippen LogP contribution is -2.33. The molecule has 0 saturated carbocycles. The quantitative estimate of drug-likeness (QED) is 0.107. The van der Waals surface area contributed by atoms with E-state index in [1.54, 1.807) is 0 Å². The summed E-state index contributed by atoms with van der Waals surface area (Å²) in [4.78, 5) is 5.05. The van der Waals surface area contributed by atoms with Gasteiger partial charge in [-0.1, -0.05) is 148 Å². The van der Waals surface area contributed by atoms with E-state index in [1.807, 2.05) is 12.3 Å². The normalized spacial score (nSPS) is 12.6. The van der Waals surface area contributed by atoms with Crippen LogP contribution in [-0.2, 0) is 21.7 Å². The van der Waals surface area contributed by atoms with Gasteiger partial charge in [0, 0.05) is 33.9 Å². The second-order valence-electron chi connectivity index (χ2n) is 20.9. The van der Waals surface area contributed by atoms with Crippen LogP contribution in [0.5, 0.6) is 11.5 Å². The van der Waals surface area contributed by atoms with Gasteiger partial charge in [-0.15, -0.1) is 0 Å². The van der Waals surface area contributed by atoms with Crippen LogP contribution in [0.3, 0.4) is 0 Å². The van der Waals surface area contributed by atoms with Gasteiger partial charge in [-0.3, -0.25) is 13.7 Å². The molecular formula is C60H62N4O. The first-order valence-electron chi connectivity index (χ1n) is 23.0. The minimum Gasteiger partial charge on any atom is -0.458 e. The zero-order chi connectivity index (χ0) is 46.1. The van der Waals surface area contributed by atoms with Crippen molar-refractivity contribution < 1.29 is 9.30 Å². The van der Waals surface area contributed by atoms with Crippen molar-refractivity contribution in [2.75, 3.05) is 0 Å². The highest BCUT2D eigenvalue weighted by atomic mass is 16.5. The van der Waals surface area contributed by atoms with Crippen LogP contribution in [0.4, 0.5) is 0 Å². The Kier molecular flexibility index (Phi) is 10.8. The first kappa shape index (κ1) is 43.5. The van der Waals surface area contributed by atoms with Crippen molar-refractivity contribution >= 4 is 21.8 Å². The molecular weight excluding hydrogens is 793 g/mol. The minimum atomic E-state index is -0.233. The summed E-state index contributed by atoms with van der Waals surface area (Å²) in [5, 5.41) is 2.32. The standard InChI is InChI=1S/C60H62N4O/c1-40-41(2)63(49-33-46(57(3,4)5)32-47(34-49)58(6,7)8)39-62(40)48-24-19-25-50(37-48)65-51-27-28-52-53-35-44(59(9,10)42-20-15-13-16-21-42)26-29-54(53)64(55(52)38-51)56-36-45(30-31-61-56)60(11,12)43-22-17-14-18-23-43/h13-38H,1-12H3. The summed E-state index contributed by atoms with van der Waals surface area (Å²) in [7, 11) is 0.